The fourth-order valence-electron chi connectivity index (χ4n) is 3.16. The summed E-state index contributed by atoms with van der Waals surface area (Å²) in [4.78, 5) is 27.4. The lowest BCUT2D eigenvalue weighted by Crippen LogP contribution is -2.50. The smallest absolute Gasteiger partial charge is 0.243 e. The molecule has 0 aliphatic heterocycles. The predicted octanol–water partition coefficient (Wildman–Crippen LogP) is 3.60. The van der Waals surface area contributed by atoms with Crippen LogP contribution in [0.2, 0.25) is 5.02 Å². The summed E-state index contributed by atoms with van der Waals surface area (Å²) >= 11 is 5.86. The van der Waals surface area contributed by atoms with E-state index in [1.54, 1.807) is 6.92 Å². The molecule has 2 rings (SSSR count). The molecule has 0 aromatic heterocycles. The highest BCUT2D eigenvalue weighted by molar-refractivity contribution is 7.89. The lowest BCUT2D eigenvalue weighted by molar-refractivity contribution is -0.140. The molecule has 0 saturated heterocycles. The Hall–Kier alpha value is -2.42. The molecule has 180 valence electrons. The third kappa shape index (κ3) is 7.55. The fraction of sp³-hybridized carbons (Fsp3) is 0.417. The van der Waals surface area contributed by atoms with Gasteiger partial charge in [-0.25, -0.2) is 8.42 Å². The summed E-state index contributed by atoms with van der Waals surface area (Å²) in [5.41, 5.74) is 1.93. The number of amides is 2. The van der Waals surface area contributed by atoms with Gasteiger partial charge in [0.15, 0.2) is 0 Å². The van der Waals surface area contributed by atoms with E-state index in [1.807, 2.05) is 38.1 Å². The Morgan fingerprint density at radius 2 is 1.67 bits per heavy atom. The van der Waals surface area contributed by atoms with E-state index in [1.165, 1.54) is 36.2 Å². The van der Waals surface area contributed by atoms with Crippen molar-refractivity contribution in [3.05, 3.63) is 64.7 Å². The first-order valence-electron chi connectivity index (χ1n) is 10.9. The van der Waals surface area contributed by atoms with Crippen molar-refractivity contribution in [1.82, 2.24) is 14.5 Å². The normalized spacial score (nSPS) is 12.4. The number of aryl methyl sites for hydroxylation is 1. The third-order valence-electron chi connectivity index (χ3n) is 5.35. The minimum atomic E-state index is -3.90. The highest BCUT2D eigenvalue weighted by Crippen LogP contribution is 2.18. The van der Waals surface area contributed by atoms with Crippen molar-refractivity contribution in [2.45, 2.75) is 51.1 Å². The molecule has 33 heavy (non-hydrogen) atoms. The number of halogens is 1. The molecule has 1 N–H and O–H groups in total. The standard InChI is InChI=1S/C24H32ClN3O4S/c1-5-6-15-26-24(30)19(3)28(16-20-9-7-18(2)8-10-20)23(29)17-27(4)33(31,32)22-13-11-21(25)12-14-22/h7-14,19H,5-6,15-17H2,1-4H3,(H,26,30)/t19-/m0/s1. The molecule has 0 aliphatic rings. The molecule has 0 saturated carbocycles. The quantitative estimate of drug-likeness (QED) is 0.484. The molecule has 0 radical (unpaired) electrons. The highest BCUT2D eigenvalue weighted by Gasteiger charge is 2.30. The molecule has 0 unspecified atom stereocenters. The van der Waals surface area contributed by atoms with Crippen molar-refractivity contribution < 1.29 is 18.0 Å². The van der Waals surface area contributed by atoms with Gasteiger partial charge in [0.1, 0.15) is 6.04 Å². The third-order valence-corrected chi connectivity index (χ3v) is 7.42. The summed E-state index contributed by atoms with van der Waals surface area (Å²) in [7, 11) is -2.55. The Morgan fingerprint density at radius 3 is 2.24 bits per heavy atom. The van der Waals surface area contributed by atoms with Crippen LogP contribution < -0.4 is 5.32 Å². The molecule has 2 aromatic rings. The van der Waals surface area contributed by atoms with E-state index in [-0.39, 0.29) is 17.3 Å². The maximum absolute atomic E-state index is 13.3. The number of sulfonamides is 1. The van der Waals surface area contributed by atoms with Gasteiger partial charge in [-0.05, 0) is 50.1 Å². The summed E-state index contributed by atoms with van der Waals surface area (Å²) in [5.74, 6) is -0.735. The number of unbranched alkanes of at least 4 members (excludes halogenated alkanes) is 1. The van der Waals surface area contributed by atoms with Crippen LogP contribution in [0.5, 0.6) is 0 Å². The zero-order valence-electron chi connectivity index (χ0n) is 19.5. The summed E-state index contributed by atoms with van der Waals surface area (Å²) in [5, 5.41) is 3.27. The van der Waals surface area contributed by atoms with Crippen LogP contribution in [-0.4, -0.2) is 55.6 Å². The molecule has 9 heteroatoms. The molecule has 1 atom stereocenters. The number of nitrogens with one attached hydrogen (secondary N) is 1. The minimum absolute atomic E-state index is 0.0395. The Labute approximate surface area is 201 Å². The Balaban J connectivity index is 2.22. The van der Waals surface area contributed by atoms with Gasteiger partial charge in [-0.3, -0.25) is 9.59 Å². The van der Waals surface area contributed by atoms with Crippen molar-refractivity contribution in [3.63, 3.8) is 0 Å². The average Bonchev–Trinajstić information content (AvgIpc) is 2.78. The minimum Gasteiger partial charge on any atom is -0.354 e. The second-order valence-corrected chi connectivity index (χ2v) is 10.5. The number of benzene rings is 2. The van der Waals surface area contributed by atoms with Gasteiger partial charge in [0.25, 0.3) is 0 Å². The summed E-state index contributed by atoms with van der Waals surface area (Å²) in [6.45, 7) is 5.96. The first-order valence-corrected chi connectivity index (χ1v) is 12.7. The SMILES string of the molecule is CCCCNC(=O)[C@H](C)N(Cc1ccc(C)cc1)C(=O)CN(C)S(=O)(=O)c1ccc(Cl)cc1. The molecule has 2 aromatic carbocycles. The number of nitrogens with zero attached hydrogens (tertiary/aromatic N) is 2. The number of hydrogen-bond acceptors (Lipinski definition) is 4. The topological polar surface area (TPSA) is 86.8 Å². The number of carbonyl (C=O) groups is 2. The number of hydrogen-bond donors (Lipinski definition) is 1. The van der Waals surface area contributed by atoms with Crippen molar-refractivity contribution >= 4 is 33.4 Å². The number of likely N-dealkylation sites (N-methyl/N-ethyl adjacent to an activating group) is 1. The molecular formula is C24H32ClN3O4S. The Morgan fingerprint density at radius 1 is 1.06 bits per heavy atom. The predicted molar refractivity (Wildman–Crippen MR) is 130 cm³/mol. The molecule has 2 amide bonds. The molecule has 0 heterocycles. The van der Waals surface area contributed by atoms with Crippen LogP contribution in [0.3, 0.4) is 0 Å². The van der Waals surface area contributed by atoms with E-state index in [0.717, 1.165) is 28.3 Å². The summed E-state index contributed by atoms with van der Waals surface area (Å²) in [6, 6.07) is 12.6. The number of rotatable bonds is 11. The van der Waals surface area contributed by atoms with Gasteiger partial charge >= 0.3 is 0 Å². The first-order chi connectivity index (χ1) is 15.6. The molecule has 0 bridgehead atoms. The van der Waals surface area contributed by atoms with Gasteiger partial charge in [0.05, 0.1) is 11.4 Å². The van der Waals surface area contributed by atoms with Gasteiger partial charge in [0.2, 0.25) is 21.8 Å². The van der Waals surface area contributed by atoms with Crippen molar-refractivity contribution in [3.8, 4) is 0 Å². The lowest BCUT2D eigenvalue weighted by Gasteiger charge is -2.30. The van der Waals surface area contributed by atoms with E-state index in [9.17, 15) is 18.0 Å². The van der Waals surface area contributed by atoms with Crippen LogP contribution in [0.15, 0.2) is 53.4 Å². The first kappa shape index (κ1) is 26.8. The molecule has 0 spiro atoms. The number of carbonyl (C=O) groups excluding carboxylic acids is 2. The van der Waals surface area contributed by atoms with Crippen molar-refractivity contribution in [1.29, 1.82) is 0 Å². The van der Waals surface area contributed by atoms with Crippen LogP contribution in [0.4, 0.5) is 0 Å². The van der Waals surface area contributed by atoms with E-state index in [2.05, 4.69) is 5.32 Å². The van der Waals surface area contributed by atoms with Crippen molar-refractivity contribution in [2.24, 2.45) is 0 Å². The molecular weight excluding hydrogens is 462 g/mol. The summed E-state index contributed by atoms with van der Waals surface area (Å²) < 4.78 is 26.8. The molecule has 0 fully saturated rings. The van der Waals surface area contributed by atoms with Crippen LogP contribution in [0, 0.1) is 6.92 Å². The van der Waals surface area contributed by atoms with Crippen LogP contribution in [-0.2, 0) is 26.2 Å². The Bertz CT molecular complexity index is 1040. The zero-order chi connectivity index (χ0) is 24.6. The summed E-state index contributed by atoms with van der Waals surface area (Å²) in [6.07, 6.45) is 1.78. The van der Waals surface area contributed by atoms with Crippen LogP contribution in [0.25, 0.3) is 0 Å². The Kier molecular flexibility index (Phi) is 9.88. The van der Waals surface area contributed by atoms with Crippen LogP contribution >= 0.6 is 11.6 Å². The van der Waals surface area contributed by atoms with E-state index >= 15 is 0 Å². The molecule has 7 nitrogen and oxygen atoms in total. The average molecular weight is 494 g/mol. The maximum Gasteiger partial charge on any atom is 0.243 e. The molecule has 0 aliphatic carbocycles. The van der Waals surface area contributed by atoms with E-state index in [0.29, 0.717) is 11.6 Å². The van der Waals surface area contributed by atoms with Gasteiger partial charge in [-0.2, -0.15) is 4.31 Å². The lowest BCUT2D eigenvalue weighted by atomic mass is 10.1. The fourth-order valence-corrected chi connectivity index (χ4v) is 4.41. The second-order valence-electron chi connectivity index (χ2n) is 8.04. The maximum atomic E-state index is 13.3. The highest BCUT2D eigenvalue weighted by atomic mass is 35.5. The monoisotopic (exact) mass is 493 g/mol. The second kappa shape index (κ2) is 12.2. The van der Waals surface area contributed by atoms with E-state index in [4.69, 9.17) is 11.6 Å². The van der Waals surface area contributed by atoms with Gasteiger partial charge < -0.3 is 10.2 Å². The van der Waals surface area contributed by atoms with Gasteiger partial charge in [-0.1, -0.05) is 54.8 Å². The van der Waals surface area contributed by atoms with E-state index < -0.39 is 28.5 Å². The van der Waals surface area contributed by atoms with Gasteiger partial charge in [-0.15, -0.1) is 0 Å². The largest absolute Gasteiger partial charge is 0.354 e. The van der Waals surface area contributed by atoms with Crippen LogP contribution in [0.1, 0.15) is 37.8 Å². The van der Waals surface area contributed by atoms with Gasteiger partial charge in [0, 0.05) is 25.2 Å². The van der Waals surface area contributed by atoms with Crippen molar-refractivity contribution in [2.75, 3.05) is 20.1 Å². The zero-order valence-corrected chi connectivity index (χ0v) is 21.1.